The number of fused-ring (bicyclic) bond motifs is 4. The zero-order chi connectivity index (χ0) is 27.9. The summed E-state index contributed by atoms with van der Waals surface area (Å²) >= 11 is 0. The van der Waals surface area contributed by atoms with Crippen molar-refractivity contribution in [1.82, 2.24) is 15.0 Å². The van der Waals surface area contributed by atoms with Gasteiger partial charge >= 0.3 is 0 Å². The third kappa shape index (κ3) is 4.29. The SMILES string of the molecule is c1ccc(-c2nc(-c3ccccc3)nc(-c3ccc(-c4cccc5c4ccc4cc6ccccc6cc45)cc3)n2)cc1. The van der Waals surface area contributed by atoms with Crippen molar-refractivity contribution in [1.29, 1.82) is 0 Å². The van der Waals surface area contributed by atoms with E-state index in [-0.39, 0.29) is 0 Å². The van der Waals surface area contributed by atoms with Crippen LogP contribution >= 0.6 is 0 Å². The molecule has 0 saturated heterocycles. The van der Waals surface area contributed by atoms with Gasteiger partial charge in [0.25, 0.3) is 0 Å². The molecule has 8 aromatic rings. The second kappa shape index (κ2) is 10.1. The van der Waals surface area contributed by atoms with E-state index < -0.39 is 0 Å². The van der Waals surface area contributed by atoms with E-state index >= 15 is 0 Å². The maximum Gasteiger partial charge on any atom is 0.164 e. The summed E-state index contributed by atoms with van der Waals surface area (Å²) in [5, 5.41) is 7.56. The van der Waals surface area contributed by atoms with Crippen molar-refractivity contribution in [2.75, 3.05) is 0 Å². The maximum atomic E-state index is 4.89. The minimum absolute atomic E-state index is 0.657. The first-order valence-electron chi connectivity index (χ1n) is 14.1. The molecule has 3 nitrogen and oxygen atoms in total. The Morgan fingerprint density at radius 2 is 0.810 bits per heavy atom. The van der Waals surface area contributed by atoms with Crippen molar-refractivity contribution in [3.05, 3.63) is 152 Å². The standard InChI is InChI=1S/C39H25N3/c1-3-10-27(11-4-1)37-40-38(28-12-5-2-6-13-28)42-39(41-37)29-20-18-26(19-21-29)33-16-9-17-34-35(33)23-22-32-24-30-14-7-8-15-31(30)25-36(32)34/h1-25H. The summed E-state index contributed by atoms with van der Waals surface area (Å²) in [4.78, 5) is 14.6. The van der Waals surface area contributed by atoms with Gasteiger partial charge in [-0.05, 0) is 55.6 Å². The molecule has 0 amide bonds. The van der Waals surface area contributed by atoms with Gasteiger partial charge in [-0.25, -0.2) is 15.0 Å². The predicted molar refractivity (Wildman–Crippen MR) is 174 cm³/mol. The van der Waals surface area contributed by atoms with E-state index in [4.69, 9.17) is 15.0 Å². The lowest BCUT2D eigenvalue weighted by atomic mass is 9.93. The van der Waals surface area contributed by atoms with Crippen LogP contribution < -0.4 is 0 Å². The number of nitrogens with zero attached hydrogens (tertiary/aromatic N) is 3. The molecule has 1 aromatic heterocycles. The molecule has 0 aliphatic carbocycles. The fourth-order valence-electron chi connectivity index (χ4n) is 5.77. The highest BCUT2D eigenvalue weighted by Gasteiger charge is 2.13. The number of benzene rings is 7. The number of hydrogen-bond acceptors (Lipinski definition) is 3. The smallest absolute Gasteiger partial charge is 0.164 e. The molecule has 0 radical (unpaired) electrons. The van der Waals surface area contributed by atoms with Crippen LogP contribution in [0.25, 0.3) is 77.6 Å². The van der Waals surface area contributed by atoms with Crippen LogP contribution in [-0.2, 0) is 0 Å². The molecule has 0 spiro atoms. The van der Waals surface area contributed by atoms with Crippen molar-refractivity contribution in [3.8, 4) is 45.3 Å². The van der Waals surface area contributed by atoms with Crippen molar-refractivity contribution in [2.45, 2.75) is 0 Å². The highest BCUT2D eigenvalue weighted by molar-refractivity contribution is 6.15. The summed E-state index contributed by atoms with van der Waals surface area (Å²) in [6, 6.07) is 52.9. The Balaban J connectivity index is 1.23. The molecule has 0 atom stereocenters. The minimum Gasteiger partial charge on any atom is -0.208 e. The molecule has 0 saturated carbocycles. The Morgan fingerprint density at radius 3 is 1.43 bits per heavy atom. The Labute approximate surface area is 243 Å². The van der Waals surface area contributed by atoms with Crippen LogP contribution in [0.4, 0.5) is 0 Å². The number of aromatic nitrogens is 3. The Bertz CT molecular complexity index is 2160. The summed E-state index contributed by atoms with van der Waals surface area (Å²) in [6.45, 7) is 0. The first-order chi connectivity index (χ1) is 20.8. The van der Waals surface area contributed by atoms with Crippen molar-refractivity contribution >= 4 is 32.3 Å². The molecule has 196 valence electrons. The second-order valence-corrected chi connectivity index (χ2v) is 10.5. The first kappa shape index (κ1) is 24.2. The molecular weight excluding hydrogens is 510 g/mol. The van der Waals surface area contributed by atoms with Crippen LogP contribution in [0.5, 0.6) is 0 Å². The van der Waals surface area contributed by atoms with Gasteiger partial charge in [-0.1, -0.05) is 140 Å². The number of rotatable bonds is 4. The molecule has 0 bridgehead atoms. The van der Waals surface area contributed by atoms with Gasteiger partial charge in [0.1, 0.15) is 0 Å². The number of hydrogen-bond donors (Lipinski definition) is 0. The molecule has 0 aliphatic heterocycles. The third-order valence-corrected chi connectivity index (χ3v) is 7.90. The Morgan fingerprint density at radius 1 is 0.286 bits per heavy atom. The normalized spacial score (nSPS) is 11.3. The van der Waals surface area contributed by atoms with Crippen molar-refractivity contribution < 1.29 is 0 Å². The first-order valence-corrected chi connectivity index (χ1v) is 14.1. The van der Waals surface area contributed by atoms with Gasteiger partial charge in [-0.2, -0.15) is 0 Å². The molecule has 42 heavy (non-hydrogen) atoms. The van der Waals surface area contributed by atoms with E-state index in [0.29, 0.717) is 17.5 Å². The summed E-state index contributed by atoms with van der Waals surface area (Å²) in [5.41, 5.74) is 5.24. The van der Waals surface area contributed by atoms with E-state index in [1.165, 1.54) is 37.9 Å². The van der Waals surface area contributed by atoms with Crippen LogP contribution in [0.1, 0.15) is 0 Å². The van der Waals surface area contributed by atoms with Gasteiger partial charge in [0.05, 0.1) is 0 Å². The Hall–Kier alpha value is -5.67. The minimum atomic E-state index is 0.657. The topological polar surface area (TPSA) is 38.7 Å². The molecular formula is C39H25N3. The van der Waals surface area contributed by atoms with Crippen LogP contribution in [0.2, 0.25) is 0 Å². The van der Waals surface area contributed by atoms with Crippen LogP contribution in [0.3, 0.4) is 0 Å². The van der Waals surface area contributed by atoms with Crippen molar-refractivity contribution in [3.63, 3.8) is 0 Å². The van der Waals surface area contributed by atoms with E-state index in [0.717, 1.165) is 22.3 Å². The molecule has 0 N–H and O–H groups in total. The molecule has 7 aromatic carbocycles. The summed E-state index contributed by atoms with van der Waals surface area (Å²) in [6.07, 6.45) is 0. The maximum absolute atomic E-state index is 4.89. The fourth-order valence-corrected chi connectivity index (χ4v) is 5.77. The van der Waals surface area contributed by atoms with E-state index in [9.17, 15) is 0 Å². The van der Waals surface area contributed by atoms with Gasteiger partial charge in [-0.3, -0.25) is 0 Å². The van der Waals surface area contributed by atoms with Crippen LogP contribution in [0, 0.1) is 0 Å². The highest BCUT2D eigenvalue weighted by atomic mass is 15.0. The van der Waals surface area contributed by atoms with E-state index in [1.807, 2.05) is 60.7 Å². The summed E-state index contributed by atoms with van der Waals surface area (Å²) < 4.78 is 0. The van der Waals surface area contributed by atoms with Gasteiger partial charge < -0.3 is 0 Å². The fraction of sp³-hybridized carbons (Fsp3) is 0. The quantitative estimate of drug-likeness (QED) is 0.166. The zero-order valence-corrected chi connectivity index (χ0v) is 22.8. The molecule has 3 heteroatoms. The molecule has 0 fully saturated rings. The van der Waals surface area contributed by atoms with Gasteiger partial charge in [0.15, 0.2) is 17.5 Å². The Kier molecular flexibility index (Phi) is 5.79. The third-order valence-electron chi connectivity index (χ3n) is 7.90. The molecule has 0 aliphatic rings. The lowest BCUT2D eigenvalue weighted by Crippen LogP contribution is -2.00. The van der Waals surface area contributed by atoms with Gasteiger partial charge in [0, 0.05) is 16.7 Å². The van der Waals surface area contributed by atoms with Gasteiger partial charge in [-0.15, -0.1) is 0 Å². The lowest BCUT2D eigenvalue weighted by Gasteiger charge is -2.12. The van der Waals surface area contributed by atoms with E-state index in [1.54, 1.807) is 0 Å². The average Bonchev–Trinajstić information content (AvgIpc) is 3.07. The zero-order valence-electron chi connectivity index (χ0n) is 22.8. The lowest BCUT2D eigenvalue weighted by molar-refractivity contribution is 1.07. The van der Waals surface area contributed by atoms with Crippen LogP contribution in [0.15, 0.2) is 152 Å². The van der Waals surface area contributed by atoms with Gasteiger partial charge in [0.2, 0.25) is 0 Å². The molecule has 8 rings (SSSR count). The molecule has 0 unspecified atom stereocenters. The predicted octanol–water partition coefficient (Wildman–Crippen LogP) is 10.00. The largest absolute Gasteiger partial charge is 0.208 e. The molecule has 1 heterocycles. The monoisotopic (exact) mass is 535 g/mol. The van der Waals surface area contributed by atoms with E-state index in [2.05, 4.69) is 91.0 Å². The van der Waals surface area contributed by atoms with Crippen molar-refractivity contribution in [2.24, 2.45) is 0 Å². The summed E-state index contributed by atoms with van der Waals surface area (Å²) in [5.74, 6) is 1.99. The second-order valence-electron chi connectivity index (χ2n) is 10.5. The highest BCUT2D eigenvalue weighted by Crippen LogP contribution is 2.36. The summed E-state index contributed by atoms with van der Waals surface area (Å²) in [7, 11) is 0. The average molecular weight is 536 g/mol. The van der Waals surface area contributed by atoms with Crippen LogP contribution in [-0.4, -0.2) is 15.0 Å².